The summed E-state index contributed by atoms with van der Waals surface area (Å²) in [7, 11) is 4.04. The van der Waals surface area contributed by atoms with Crippen molar-refractivity contribution in [3.8, 4) is 0 Å². The number of nitrogens with zero attached hydrogens (tertiary/aromatic N) is 1. The van der Waals surface area contributed by atoms with Gasteiger partial charge in [0.25, 0.3) is 0 Å². The molecule has 0 bridgehead atoms. The van der Waals surface area contributed by atoms with Crippen LogP contribution in [0.3, 0.4) is 0 Å². The number of carbonyl (C=O) groups is 2. The van der Waals surface area contributed by atoms with Crippen molar-refractivity contribution in [2.24, 2.45) is 17.8 Å². The Morgan fingerprint density at radius 1 is 1.16 bits per heavy atom. The molecular formula is C34H66N2O9. The molecule has 9 atom stereocenters. The average Bonchev–Trinajstić information content (AvgIpc) is 3.01. The van der Waals surface area contributed by atoms with E-state index >= 15 is 0 Å². The Kier molecular flexibility index (Phi) is 19.9. The molecule has 2 aliphatic rings. The third-order valence-corrected chi connectivity index (χ3v) is 7.89. The van der Waals surface area contributed by atoms with Crippen molar-refractivity contribution in [2.75, 3.05) is 47.1 Å². The molecule has 1 amide bonds. The molecule has 2 heterocycles. The number of esters is 1. The molecule has 0 aromatic heterocycles. The minimum Gasteiger partial charge on any atom is -0.462 e. The second-order valence-corrected chi connectivity index (χ2v) is 13.1. The third kappa shape index (κ3) is 14.8. The van der Waals surface area contributed by atoms with Gasteiger partial charge in [0.15, 0.2) is 6.29 Å². The van der Waals surface area contributed by atoms with Gasteiger partial charge in [0, 0.05) is 24.9 Å². The zero-order valence-electron chi connectivity index (χ0n) is 30.5. The second-order valence-electron chi connectivity index (χ2n) is 13.1. The quantitative estimate of drug-likeness (QED) is 0.237. The average molecular weight is 647 g/mol. The maximum Gasteiger partial charge on any atom is 0.311 e. The van der Waals surface area contributed by atoms with Gasteiger partial charge in [0.1, 0.15) is 12.2 Å². The highest BCUT2D eigenvalue weighted by Crippen LogP contribution is 2.34. The highest BCUT2D eigenvalue weighted by molar-refractivity contribution is 5.78. The molecule has 2 rings (SSSR count). The summed E-state index contributed by atoms with van der Waals surface area (Å²) in [6.45, 7) is 24.6. The number of aliphatic hydroxyl groups is 2. The third-order valence-electron chi connectivity index (χ3n) is 7.89. The van der Waals surface area contributed by atoms with Crippen molar-refractivity contribution in [3.05, 3.63) is 12.2 Å². The second kappa shape index (κ2) is 20.6. The van der Waals surface area contributed by atoms with Crippen LogP contribution in [0, 0.1) is 17.8 Å². The topological polar surface area (TPSA) is 136 Å². The largest absolute Gasteiger partial charge is 0.462 e. The molecule has 5 unspecified atom stereocenters. The highest BCUT2D eigenvalue weighted by Gasteiger charge is 2.47. The normalized spacial score (nSPS) is 29.3. The molecule has 2 fully saturated rings. The maximum absolute atomic E-state index is 12.9. The van der Waals surface area contributed by atoms with Gasteiger partial charge in [-0.05, 0) is 60.7 Å². The van der Waals surface area contributed by atoms with E-state index in [1.807, 2.05) is 55.6 Å². The van der Waals surface area contributed by atoms with Crippen LogP contribution in [-0.4, -0.2) is 116 Å². The van der Waals surface area contributed by atoms with Crippen molar-refractivity contribution in [2.45, 2.75) is 131 Å². The minimum absolute atomic E-state index is 0.0588. The number of carbonyl (C=O) groups excluding carboxylic acids is 2. The standard InChI is InChI=1S/C30H54N2O9.2C2H6/c1-18-13-37-15-19(2)27(34)31-16-30(8,39-14-18)26(41-24-12-23(32(9)10)11-20(3)40-24)21(4)25(33)22(5)28(35)38-17-29(6,7)36;2*1-2/h19-26,33,36H,1,11-17H2,2-10H3,(H,31,34);2*1-2H3/t19?,20?,21-,22?,23?,24?,25-,26+,30+;;/m0../s1. The number of ether oxygens (including phenoxy) is 5. The van der Waals surface area contributed by atoms with Crippen LogP contribution >= 0.6 is 0 Å². The first kappa shape index (κ1) is 43.4. The molecule has 0 spiro atoms. The van der Waals surface area contributed by atoms with Crippen molar-refractivity contribution in [1.29, 1.82) is 0 Å². The maximum atomic E-state index is 12.9. The number of rotatable bonds is 10. The predicted molar refractivity (Wildman–Crippen MR) is 177 cm³/mol. The SMILES string of the molecule is C=C1COCC(C)C(=O)NC[C@](C)([C@H](OC2CC(N(C)C)CC(C)O2)[C@@H](C)[C@H](O)C(C)C(=O)OCC(C)(C)O)OC1.CC.CC. The molecule has 0 saturated carbocycles. The number of aliphatic hydroxyl groups excluding tert-OH is 1. The van der Waals surface area contributed by atoms with Crippen molar-refractivity contribution in [3.63, 3.8) is 0 Å². The number of hydrogen-bond donors (Lipinski definition) is 3. The monoisotopic (exact) mass is 646 g/mol. The van der Waals surface area contributed by atoms with Crippen LogP contribution in [0.5, 0.6) is 0 Å². The van der Waals surface area contributed by atoms with Crippen molar-refractivity contribution < 1.29 is 43.5 Å². The Hall–Kier alpha value is -1.60. The van der Waals surface area contributed by atoms with Gasteiger partial charge in [-0.1, -0.05) is 48.1 Å². The first-order valence-corrected chi connectivity index (χ1v) is 16.6. The molecule has 0 radical (unpaired) electrons. The van der Waals surface area contributed by atoms with E-state index in [-0.39, 0.29) is 56.9 Å². The smallest absolute Gasteiger partial charge is 0.311 e. The Morgan fingerprint density at radius 2 is 1.76 bits per heavy atom. The number of amides is 1. The summed E-state index contributed by atoms with van der Waals surface area (Å²) in [6.07, 6.45) is -1.23. The van der Waals surface area contributed by atoms with Gasteiger partial charge in [0.05, 0.1) is 55.6 Å². The van der Waals surface area contributed by atoms with E-state index in [0.717, 1.165) is 6.42 Å². The molecule has 2 saturated heterocycles. The van der Waals surface area contributed by atoms with Crippen LogP contribution in [0.15, 0.2) is 12.2 Å². The van der Waals surface area contributed by atoms with Gasteiger partial charge in [-0.15, -0.1) is 0 Å². The van der Waals surface area contributed by atoms with Gasteiger partial charge in [0.2, 0.25) is 5.91 Å². The van der Waals surface area contributed by atoms with Gasteiger partial charge in [-0.3, -0.25) is 9.59 Å². The van der Waals surface area contributed by atoms with E-state index in [1.165, 1.54) is 13.8 Å². The fourth-order valence-electron chi connectivity index (χ4n) is 5.16. The van der Waals surface area contributed by atoms with Crippen LogP contribution < -0.4 is 5.32 Å². The summed E-state index contributed by atoms with van der Waals surface area (Å²) >= 11 is 0. The molecule has 0 aromatic carbocycles. The van der Waals surface area contributed by atoms with E-state index in [1.54, 1.807) is 20.8 Å². The lowest BCUT2D eigenvalue weighted by Crippen LogP contribution is -2.59. The van der Waals surface area contributed by atoms with Crippen molar-refractivity contribution >= 4 is 11.9 Å². The fourth-order valence-corrected chi connectivity index (χ4v) is 5.16. The van der Waals surface area contributed by atoms with E-state index in [0.29, 0.717) is 12.0 Å². The van der Waals surface area contributed by atoms with Gasteiger partial charge < -0.3 is 44.1 Å². The van der Waals surface area contributed by atoms with Gasteiger partial charge >= 0.3 is 5.97 Å². The van der Waals surface area contributed by atoms with E-state index < -0.39 is 47.5 Å². The Labute approximate surface area is 273 Å². The van der Waals surface area contributed by atoms with Gasteiger partial charge in [-0.25, -0.2) is 0 Å². The predicted octanol–water partition coefficient (Wildman–Crippen LogP) is 3.94. The molecule has 266 valence electrons. The first-order valence-electron chi connectivity index (χ1n) is 16.6. The summed E-state index contributed by atoms with van der Waals surface area (Å²) in [6, 6.07) is 0.221. The lowest BCUT2D eigenvalue weighted by Gasteiger charge is -2.46. The Balaban J connectivity index is 0.00000464. The molecule has 2 aliphatic heterocycles. The fraction of sp³-hybridized carbons (Fsp3) is 0.882. The molecule has 11 nitrogen and oxygen atoms in total. The Morgan fingerprint density at radius 3 is 2.31 bits per heavy atom. The van der Waals surface area contributed by atoms with Gasteiger partial charge in [-0.2, -0.15) is 0 Å². The van der Waals surface area contributed by atoms with Crippen LogP contribution in [-0.2, 0) is 33.3 Å². The molecule has 11 heteroatoms. The highest BCUT2D eigenvalue weighted by atomic mass is 16.7. The Bertz CT molecular complexity index is 878. The van der Waals surface area contributed by atoms with E-state index in [2.05, 4.69) is 16.8 Å². The summed E-state index contributed by atoms with van der Waals surface area (Å²) in [5, 5.41) is 24.4. The summed E-state index contributed by atoms with van der Waals surface area (Å²) < 4.78 is 30.2. The lowest BCUT2D eigenvalue weighted by atomic mass is 9.81. The van der Waals surface area contributed by atoms with E-state index in [4.69, 9.17) is 23.7 Å². The minimum atomic E-state index is -1.20. The molecule has 0 aliphatic carbocycles. The zero-order valence-corrected chi connectivity index (χ0v) is 30.5. The van der Waals surface area contributed by atoms with E-state index in [9.17, 15) is 19.8 Å². The number of hydrogen-bond acceptors (Lipinski definition) is 10. The van der Waals surface area contributed by atoms with Crippen LogP contribution in [0.4, 0.5) is 0 Å². The van der Waals surface area contributed by atoms with Crippen LogP contribution in [0.2, 0.25) is 0 Å². The van der Waals surface area contributed by atoms with Crippen LogP contribution in [0.1, 0.15) is 89.0 Å². The van der Waals surface area contributed by atoms with Crippen molar-refractivity contribution in [1.82, 2.24) is 10.2 Å². The number of nitrogens with one attached hydrogen (secondary N) is 1. The molecule has 0 aromatic rings. The molecule has 3 N–H and O–H groups in total. The summed E-state index contributed by atoms with van der Waals surface area (Å²) in [5.41, 5.74) is -1.64. The summed E-state index contributed by atoms with van der Waals surface area (Å²) in [4.78, 5) is 27.8. The summed E-state index contributed by atoms with van der Waals surface area (Å²) in [5.74, 6) is -2.81. The lowest BCUT2D eigenvalue weighted by molar-refractivity contribution is -0.270. The first-order chi connectivity index (χ1) is 20.9. The molecule has 45 heavy (non-hydrogen) atoms. The molecular weight excluding hydrogens is 580 g/mol. The van der Waals surface area contributed by atoms with Crippen LogP contribution in [0.25, 0.3) is 0 Å². The zero-order chi connectivity index (χ0) is 35.1.